The first-order valence-corrected chi connectivity index (χ1v) is 11.0. The average molecular weight is 420 g/mol. The minimum absolute atomic E-state index is 0.00155. The van der Waals surface area contributed by atoms with E-state index in [1.54, 1.807) is 0 Å². The van der Waals surface area contributed by atoms with E-state index < -0.39 is 0 Å². The van der Waals surface area contributed by atoms with Gasteiger partial charge in [-0.1, -0.05) is 65.9 Å². The molecule has 3 aromatic rings. The Morgan fingerprint density at radius 1 is 1.06 bits per heavy atom. The molecule has 1 aromatic heterocycles. The fourth-order valence-corrected chi connectivity index (χ4v) is 4.04. The van der Waals surface area contributed by atoms with E-state index in [9.17, 15) is 4.79 Å². The highest BCUT2D eigenvalue weighted by molar-refractivity contribution is 5.78. The van der Waals surface area contributed by atoms with Crippen molar-refractivity contribution in [3.05, 3.63) is 65.5 Å². The van der Waals surface area contributed by atoms with Gasteiger partial charge in [0.05, 0.1) is 0 Å². The van der Waals surface area contributed by atoms with E-state index in [-0.39, 0.29) is 18.6 Å². The summed E-state index contributed by atoms with van der Waals surface area (Å²) in [6, 6.07) is 15.9. The smallest absolute Gasteiger partial charge is 0.261 e. The van der Waals surface area contributed by atoms with Crippen LogP contribution in [0.5, 0.6) is 5.75 Å². The second-order valence-electron chi connectivity index (χ2n) is 8.30. The standard InChI is InChI=1S/C25H29N3O3/c1-18-11-13-22(14-12-18)30-17-24(29)28(21-9-4-3-5-10-21)16-23-26-25(27-31-23)20-8-6-7-19(2)15-20/h6-8,11-15,21H,3-5,9-10,16-17H2,1-2H3. The van der Waals surface area contributed by atoms with E-state index in [0.717, 1.165) is 42.4 Å². The quantitative estimate of drug-likeness (QED) is 0.533. The highest BCUT2D eigenvalue weighted by Gasteiger charge is 2.27. The predicted octanol–water partition coefficient (Wildman–Crippen LogP) is 5.09. The molecule has 1 aliphatic carbocycles. The molecule has 162 valence electrons. The van der Waals surface area contributed by atoms with E-state index >= 15 is 0 Å². The highest BCUT2D eigenvalue weighted by atomic mass is 16.5. The van der Waals surface area contributed by atoms with E-state index in [1.165, 1.54) is 6.42 Å². The van der Waals surface area contributed by atoms with Gasteiger partial charge in [-0.05, 0) is 44.9 Å². The lowest BCUT2D eigenvalue weighted by Gasteiger charge is -2.33. The van der Waals surface area contributed by atoms with Gasteiger partial charge in [-0.2, -0.15) is 4.98 Å². The molecule has 6 heteroatoms. The first kappa shape index (κ1) is 21.1. The van der Waals surface area contributed by atoms with Crippen LogP contribution in [0.4, 0.5) is 0 Å². The van der Waals surface area contributed by atoms with Gasteiger partial charge in [0.15, 0.2) is 6.61 Å². The Bertz CT molecular complexity index is 1010. The topological polar surface area (TPSA) is 68.5 Å². The number of nitrogens with zero attached hydrogens (tertiary/aromatic N) is 3. The Balaban J connectivity index is 1.47. The van der Waals surface area contributed by atoms with Gasteiger partial charge in [-0.25, -0.2) is 0 Å². The summed E-state index contributed by atoms with van der Waals surface area (Å²) in [6.45, 7) is 4.36. The molecule has 0 atom stereocenters. The molecule has 1 saturated carbocycles. The monoisotopic (exact) mass is 419 g/mol. The third-order valence-corrected chi connectivity index (χ3v) is 5.77. The molecule has 1 aliphatic rings. The maximum Gasteiger partial charge on any atom is 0.261 e. The number of carbonyl (C=O) groups excluding carboxylic acids is 1. The van der Waals surface area contributed by atoms with Crippen molar-refractivity contribution in [2.75, 3.05) is 6.61 Å². The highest BCUT2D eigenvalue weighted by Crippen LogP contribution is 2.25. The summed E-state index contributed by atoms with van der Waals surface area (Å²) >= 11 is 0. The van der Waals surface area contributed by atoms with Gasteiger partial charge in [0.1, 0.15) is 12.3 Å². The molecule has 0 spiro atoms. The molecule has 0 saturated heterocycles. The summed E-state index contributed by atoms with van der Waals surface area (Å²) in [5.74, 6) is 1.64. The summed E-state index contributed by atoms with van der Waals surface area (Å²) in [4.78, 5) is 19.5. The predicted molar refractivity (Wildman–Crippen MR) is 119 cm³/mol. The Morgan fingerprint density at radius 2 is 1.84 bits per heavy atom. The van der Waals surface area contributed by atoms with Crippen LogP contribution in [-0.2, 0) is 11.3 Å². The van der Waals surface area contributed by atoms with Crippen LogP contribution in [-0.4, -0.2) is 33.6 Å². The Morgan fingerprint density at radius 3 is 2.58 bits per heavy atom. The average Bonchev–Trinajstić information content (AvgIpc) is 3.26. The normalized spacial score (nSPS) is 14.4. The SMILES string of the molecule is Cc1ccc(OCC(=O)N(Cc2nc(-c3cccc(C)c3)no2)C2CCCCC2)cc1. The molecule has 1 fully saturated rings. The minimum atomic E-state index is -0.0530. The first-order valence-electron chi connectivity index (χ1n) is 11.0. The maximum absolute atomic E-state index is 13.1. The zero-order chi connectivity index (χ0) is 21.6. The van der Waals surface area contributed by atoms with Gasteiger partial charge in [0.2, 0.25) is 11.7 Å². The zero-order valence-corrected chi connectivity index (χ0v) is 18.2. The molecular weight excluding hydrogens is 390 g/mol. The van der Waals surface area contributed by atoms with E-state index in [2.05, 4.69) is 10.1 Å². The van der Waals surface area contributed by atoms with Crippen LogP contribution in [0.2, 0.25) is 0 Å². The summed E-state index contributed by atoms with van der Waals surface area (Å²) in [5, 5.41) is 4.13. The van der Waals surface area contributed by atoms with Crippen molar-refractivity contribution >= 4 is 5.91 Å². The Hall–Kier alpha value is -3.15. The second kappa shape index (κ2) is 9.77. The lowest BCUT2D eigenvalue weighted by atomic mass is 9.94. The first-order chi connectivity index (χ1) is 15.1. The summed E-state index contributed by atoms with van der Waals surface area (Å²) < 4.78 is 11.3. The third kappa shape index (κ3) is 5.51. The summed E-state index contributed by atoms with van der Waals surface area (Å²) in [5.41, 5.74) is 3.20. The van der Waals surface area contributed by atoms with Crippen molar-refractivity contribution in [3.63, 3.8) is 0 Å². The number of benzene rings is 2. The van der Waals surface area contributed by atoms with Crippen LogP contribution < -0.4 is 4.74 Å². The van der Waals surface area contributed by atoms with Crippen molar-refractivity contribution < 1.29 is 14.1 Å². The number of hydrogen-bond acceptors (Lipinski definition) is 5. The molecule has 2 aromatic carbocycles. The van der Waals surface area contributed by atoms with Crippen LogP contribution in [0.3, 0.4) is 0 Å². The largest absolute Gasteiger partial charge is 0.484 e. The molecular formula is C25H29N3O3. The van der Waals surface area contributed by atoms with Crippen LogP contribution in [0.1, 0.15) is 49.1 Å². The van der Waals surface area contributed by atoms with Gasteiger partial charge >= 0.3 is 0 Å². The van der Waals surface area contributed by atoms with E-state index in [1.807, 2.05) is 67.3 Å². The van der Waals surface area contributed by atoms with Gasteiger partial charge in [-0.15, -0.1) is 0 Å². The summed E-state index contributed by atoms with van der Waals surface area (Å²) in [7, 11) is 0. The number of amides is 1. The number of hydrogen-bond donors (Lipinski definition) is 0. The number of carbonyl (C=O) groups is 1. The fourth-order valence-electron chi connectivity index (χ4n) is 4.04. The van der Waals surface area contributed by atoms with Crippen LogP contribution in [0.25, 0.3) is 11.4 Å². The number of rotatable bonds is 7. The molecule has 4 rings (SSSR count). The number of ether oxygens (including phenoxy) is 1. The third-order valence-electron chi connectivity index (χ3n) is 5.77. The molecule has 1 amide bonds. The van der Waals surface area contributed by atoms with Crippen molar-refractivity contribution in [2.24, 2.45) is 0 Å². The lowest BCUT2D eigenvalue weighted by Crippen LogP contribution is -2.43. The minimum Gasteiger partial charge on any atom is -0.484 e. The van der Waals surface area contributed by atoms with Gasteiger partial charge in [-0.3, -0.25) is 4.79 Å². The van der Waals surface area contributed by atoms with Crippen molar-refractivity contribution in [3.8, 4) is 17.1 Å². The maximum atomic E-state index is 13.1. The van der Waals surface area contributed by atoms with Crippen molar-refractivity contribution in [1.29, 1.82) is 0 Å². The fraction of sp³-hybridized carbons (Fsp3) is 0.400. The van der Waals surface area contributed by atoms with Crippen molar-refractivity contribution in [2.45, 2.75) is 58.5 Å². The lowest BCUT2D eigenvalue weighted by molar-refractivity contribution is -0.137. The molecule has 0 bridgehead atoms. The van der Waals surface area contributed by atoms with Gasteiger partial charge in [0, 0.05) is 11.6 Å². The van der Waals surface area contributed by atoms with Crippen LogP contribution >= 0.6 is 0 Å². The number of aromatic nitrogens is 2. The molecule has 0 unspecified atom stereocenters. The Labute approximate surface area is 183 Å². The zero-order valence-electron chi connectivity index (χ0n) is 18.2. The molecule has 0 N–H and O–H groups in total. The van der Waals surface area contributed by atoms with Crippen LogP contribution in [0, 0.1) is 13.8 Å². The second-order valence-corrected chi connectivity index (χ2v) is 8.30. The number of aryl methyl sites for hydroxylation is 2. The van der Waals surface area contributed by atoms with E-state index in [0.29, 0.717) is 24.0 Å². The molecule has 6 nitrogen and oxygen atoms in total. The van der Waals surface area contributed by atoms with E-state index in [4.69, 9.17) is 9.26 Å². The molecule has 31 heavy (non-hydrogen) atoms. The molecule has 1 heterocycles. The van der Waals surface area contributed by atoms with Crippen LogP contribution in [0.15, 0.2) is 53.1 Å². The molecule has 0 radical (unpaired) electrons. The Kier molecular flexibility index (Phi) is 6.65. The van der Waals surface area contributed by atoms with Gasteiger partial charge < -0.3 is 14.2 Å². The van der Waals surface area contributed by atoms with Crippen molar-refractivity contribution in [1.82, 2.24) is 15.0 Å². The van der Waals surface area contributed by atoms with Gasteiger partial charge in [0.25, 0.3) is 5.91 Å². The summed E-state index contributed by atoms with van der Waals surface area (Å²) in [6.07, 6.45) is 5.47. The molecule has 0 aliphatic heterocycles.